The Morgan fingerprint density at radius 3 is 2.81 bits per heavy atom. The van der Waals surface area contributed by atoms with Crippen LogP contribution in [0, 0.1) is 11.3 Å². The van der Waals surface area contributed by atoms with Crippen LogP contribution in [0.1, 0.15) is 31.0 Å². The zero-order valence-electron chi connectivity index (χ0n) is 19.8. The van der Waals surface area contributed by atoms with Gasteiger partial charge in [-0.05, 0) is 71.2 Å². The molecule has 0 aliphatic carbocycles. The van der Waals surface area contributed by atoms with Crippen molar-refractivity contribution in [1.29, 1.82) is 5.26 Å². The van der Waals surface area contributed by atoms with Crippen molar-refractivity contribution in [2.75, 3.05) is 20.3 Å². The van der Waals surface area contributed by atoms with Crippen LogP contribution >= 0.6 is 27.3 Å². The molecule has 8 nitrogen and oxygen atoms in total. The maximum Gasteiger partial charge on any atom is 0.338 e. The van der Waals surface area contributed by atoms with Gasteiger partial charge >= 0.3 is 5.97 Å². The summed E-state index contributed by atoms with van der Waals surface area (Å²) in [5.74, 6) is 0.634. The summed E-state index contributed by atoms with van der Waals surface area (Å²) < 4.78 is 18.7. The van der Waals surface area contributed by atoms with E-state index in [-0.39, 0.29) is 18.8 Å². The number of halogens is 1. The van der Waals surface area contributed by atoms with E-state index in [1.165, 1.54) is 15.9 Å². The molecular weight excluding hydrogens is 546 g/mol. The maximum absolute atomic E-state index is 13.7. The van der Waals surface area contributed by atoms with Crippen LogP contribution < -0.4 is 24.4 Å². The van der Waals surface area contributed by atoms with E-state index in [4.69, 9.17) is 19.5 Å². The molecule has 1 aliphatic rings. The Morgan fingerprint density at radius 1 is 1.31 bits per heavy atom. The Balaban J connectivity index is 1.90. The van der Waals surface area contributed by atoms with E-state index in [0.29, 0.717) is 42.1 Å². The van der Waals surface area contributed by atoms with Crippen molar-refractivity contribution in [3.63, 3.8) is 0 Å². The molecule has 0 fully saturated rings. The fourth-order valence-corrected chi connectivity index (χ4v) is 5.53. The van der Waals surface area contributed by atoms with Gasteiger partial charge in [-0.25, -0.2) is 9.79 Å². The maximum atomic E-state index is 13.7. The van der Waals surface area contributed by atoms with Gasteiger partial charge in [-0.15, -0.1) is 0 Å². The van der Waals surface area contributed by atoms with Gasteiger partial charge in [-0.3, -0.25) is 9.36 Å². The summed E-state index contributed by atoms with van der Waals surface area (Å²) in [6.07, 6.45) is 1.74. The summed E-state index contributed by atoms with van der Waals surface area (Å²) in [5, 5.41) is 8.76. The van der Waals surface area contributed by atoms with Gasteiger partial charge in [0.1, 0.15) is 17.6 Å². The fourth-order valence-electron chi connectivity index (χ4n) is 3.92. The molecule has 1 atom stereocenters. The highest BCUT2D eigenvalue weighted by Gasteiger charge is 2.33. The van der Waals surface area contributed by atoms with Gasteiger partial charge in [0, 0.05) is 0 Å². The molecule has 0 radical (unpaired) electrons. The van der Waals surface area contributed by atoms with E-state index >= 15 is 0 Å². The van der Waals surface area contributed by atoms with Crippen LogP contribution in [0.25, 0.3) is 6.08 Å². The molecule has 0 saturated carbocycles. The number of nitriles is 1. The Labute approximate surface area is 219 Å². The summed E-state index contributed by atoms with van der Waals surface area (Å²) in [6, 6.07) is 13.8. The highest BCUT2D eigenvalue weighted by atomic mass is 79.9. The average Bonchev–Trinajstić information content (AvgIpc) is 3.16. The summed E-state index contributed by atoms with van der Waals surface area (Å²) in [5.41, 5.74) is 1.96. The summed E-state index contributed by atoms with van der Waals surface area (Å²) in [4.78, 5) is 31.8. The number of rotatable bonds is 7. The van der Waals surface area contributed by atoms with Crippen LogP contribution in [0.3, 0.4) is 0 Å². The van der Waals surface area contributed by atoms with Crippen molar-refractivity contribution in [3.8, 4) is 17.6 Å². The van der Waals surface area contributed by atoms with E-state index < -0.39 is 12.0 Å². The molecule has 4 rings (SSSR count). The second-order valence-electron chi connectivity index (χ2n) is 7.72. The second kappa shape index (κ2) is 10.9. The molecule has 0 amide bonds. The number of nitrogens with zero attached hydrogens (tertiary/aromatic N) is 3. The van der Waals surface area contributed by atoms with E-state index in [9.17, 15) is 9.59 Å². The number of hydrogen-bond acceptors (Lipinski definition) is 8. The first-order valence-corrected chi connectivity index (χ1v) is 12.6. The fraction of sp³-hybridized carbons (Fsp3) is 0.231. The van der Waals surface area contributed by atoms with Crippen LogP contribution in [0.2, 0.25) is 0 Å². The number of ether oxygens (including phenoxy) is 3. The molecule has 1 aromatic heterocycles. The predicted octanol–water partition coefficient (Wildman–Crippen LogP) is 3.47. The molecule has 1 aliphatic heterocycles. The Kier molecular flexibility index (Phi) is 7.72. The van der Waals surface area contributed by atoms with E-state index in [1.54, 1.807) is 51.3 Å². The molecule has 2 heterocycles. The Morgan fingerprint density at radius 2 is 2.11 bits per heavy atom. The Hall–Kier alpha value is -3.68. The topological polar surface area (TPSA) is 103 Å². The standard InChI is InChI=1S/C26H22BrN3O5S/c1-4-34-25(32)22-15(2)29-26-30(23(22)17-8-9-20(33-3)19(27)14-17)24(31)21(36-26)13-16-6-5-7-18(12-16)35-11-10-28/h5-9,12-14,23H,4,11H2,1-3H3/b21-13+/t23-/m0/s1. The zero-order valence-corrected chi connectivity index (χ0v) is 22.2. The molecule has 36 heavy (non-hydrogen) atoms. The number of carbonyl (C=O) groups excluding carboxylic acids is 1. The van der Waals surface area contributed by atoms with Crippen LogP contribution in [-0.2, 0) is 9.53 Å². The average molecular weight is 568 g/mol. The van der Waals surface area contributed by atoms with Gasteiger partial charge in [0.05, 0.1) is 40.0 Å². The number of hydrogen-bond donors (Lipinski definition) is 0. The summed E-state index contributed by atoms with van der Waals surface area (Å²) >= 11 is 4.74. The molecule has 0 spiro atoms. The third-order valence-corrected chi connectivity index (χ3v) is 7.07. The monoisotopic (exact) mass is 567 g/mol. The van der Waals surface area contributed by atoms with E-state index in [2.05, 4.69) is 20.9 Å². The predicted molar refractivity (Wildman–Crippen MR) is 139 cm³/mol. The number of carbonyl (C=O) groups is 1. The molecule has 0 unspecified atom stereocenters. The number of thiazole rings is 1. The number of esters is 1. The molecule has 0 bridgehead atoms. The van der Waals surface area contributed by atoms with Crippen LogP contribution in [0.5, 0.6) is 11.5 Å². The van der Waals surface area contributed by atoms with Crippen molar-refractivity contribution in [2.45, 2.75) is 19.9 Å². The molecule has 10 heteroatoms. The van der Waals surface area contributed by atoms with Gasteiger partial charge in [-0.1, -0.05) is 29.5 Å². The molecule has 3 aromatic rings. The molecule has 0 N–H and O–H groups in total. The first-order valence-electron chi connectivity index (χ1n) is 11.0. The highest BCUT2D eigenvalue weighted by molar-refractivity contribution is 9.10. The van der Waals surface area contributed by atoms with Crippen molar-refractivity contribution in [2.24, 2.45) is 4.99 Å². The molecule has 0 saturated heterocycles. The summed E-state index contributed by atoms with van der Waals surface area (Å²) in [7, 11) is 1.57. The van der Waals surface area contributed by atoms with E-state index in [1.807, 2.05) is 24.3 Å². The van der Waals surface area contributed by atoms with Gasteiger partial charge in [0.15, 0.2) is 11.4 Å². The summed E-state index contributed by atoms with van der Waals surface area (Å²) in [6.45, 7) is 3.60. The van der Waals surface area contributed by atoms with Crippen LogP contribution in [-0.4, -0.2) is 30.9 Å². The van der Waals surface area contributed by atoms with Crippen LogP contribution in [0.4, 0.5) is 0 Å². The SMILES string of the molecule is CCOC(=O)C1=C(C)N=c2s/c(=C/c3cccc(OCC#N)c3)c(=O)n2[C@H]1c1ccc(OC)c(Br)c1. The first kappa shape index (κ1) is 25.4. The lowest BCUT2D eigenvalue weighted by Crippen LogP contribution is -2.39. The van der Waals surface area contributed by atoms with Crippen molar-refractivity contribution in [3.05, 3.63) is 89.0 Å². The number of benzene rings is 2. The minimum Gasteiger partial charge on any atom is -0.496 e. The van der Waals surface area contributed by atoms with Crippen molar-refractivity contribution >= 4 is 39.3 Å². The molecular formula is C26H22BrN3O5S. The number of fused-ring (bicyclic) bond motifs is 1. The number of aromatic nitrogens is 1. The third kappa shape index (κ3) is 4.98. The molecule has 184 valence electrons. The lowest BCUT2D eigenvalue weighted by molar-refractivity contribution is -0.139. The highest BCUT2D eigenvalue weighted by Crippen LogP contribution is 2.35. The number of allylic oxidation sites excluding steroid dienone is 1. The lowest BCUT2D eigenvalue weighted by atomic mass is 9.96. The Bertz CT molecular complexity index is 1580. The smallest absolute Gasteiger partial charge is 0.338 e. The minimum atomic E-state index is -0.727. The van der Waals surface area contributed by atoms with Gasteiger partial charge in [0.25, 0.3) is 5.56 Å². The lowest BCUT2D eigenvalue weighted by Gasteiger charge is -2.25. The largest absolute Gasteiger partial charge is 0.496 e. The third-order valence-electron chi connectivity index (χ3n) is 5.47. The second-order valence-corrected chi connectivity index (χ2v) is 9.58. The van der Waals surface area contributed by atoms with E-state index in [0.717, 1.165) is 5.56 Å². The first-order chi connectivity index (χ1) is 17.4. The van der Waals surface area contributed by atoms with Gasteiger partial charge in [0.2, 0.25) is 0 Å². The van der Waals surface area contributed by atoms with Crippen LogP contribution in [0.15, 0.2) is 68.0 Å². The normalized spacial score (nSPS) is 15.1. The zero-order chi connectivity index (χ0) is 25.8. The quantitative estimate of drug-likeness (QED) is 0.405. The number of methoxy groups -OCH3 is 1. The van der Waals surface area contributed by atoms with Crippen molar-refractivity contribution in [1.82, 2.24) is 4.57 Å². The van der Waals surface area contributed by atoms with Crippen molar-refractivity contribution < 1.29 is 19.0 Å². The molecule has 2 aromatic carbocycles. The minimum absolute atomic E-state index is 0.0705. The van der Waals surface area contributed by atoms with Gasteiger partial charge < -0.3 is 14.2 Å². The van der Waals surface area contributed by atoms with Gasteiger partial charge in [-0.2, -0.15) is 5.26 Å².